The van der Waals surface area contributed by atoms with Crippen molar-refractivity contribution in [3.8, 4) is 0 Å². The number of nitrogens with one attached hydrogen (secondary N) is 1. The van der Waals surface area contributed by atoms with Gasteiger partial charge in [-0.2, -0.15) is 0 Å². The number of benzene rings is 1. The Bertz CT molecular complexity index is 314. The van der Waals surface area contributed by atoms with Gasteiger partial charge in [0.1, 0.15) is 0 Å². The Morgan fingerprint density at radius 2 is 1.93 bits per heavy atom. The first-order chi connectivity index (χ1) is 7.24. The first-order valence-electron chi connectivity index (χ1n) is 5.86. The summed E-state index contributed by atoms with van der Waals surface area (Å²) in [5.41, 5.74) is 7.74. The van der Waals surface area contributed by atoms with Crippen LogP contribution in [0.1, 0.15) is 32.6 Å². The van der Waals surface area contributed by atoms with Crippen molar-refractivity contribution in [3.05, 3.63) is 24.3 Å². The van der Waals surface area contributed by atoms with Gasteiger partial charge in [0.2, 0.25) is 0 Å². The van der Waals surface area contributed by atoms with Crippen LogP contribution in [0.5, 0.6) is 0 Å². The van der Waals surface area contributed by atoms with Crippen LogP contribution in [-0.2, 0) is 0 Å². The van der Waals surface area contributed by atoms with Gasteiger partial charge in [-0.1, -0.05) is 13.0 Å². The zero-order chi connectivity index (χ0) is 10.7. The average Bonchev–Trinajstić information content (AvgIpc) is 2.22. The smallest absolute Gasteiger partial charge is 0.0362 e. The molecule has 0 radical (unpaired) electrons. The lowest BCUT2D eigenvalue weighted by molar-refractivity contribution is 0.361. The van der Waals surface area contributed by atoms with Crippen molar-refractivity contribution in [2.75, 3.05) is 11.1 Å². The van der Waals surface area contributed by atoms with Gasteiger partial charge in [0.05, 0.1) is 0 Å². The molecule has 1 saturated carbocycles. The lowest BCUT2D eigenvalue weighted by Crippen LogP contribution is -2.25. The summed E-state index contributed by atoms with van der Waals surface area (Å²) in [6.45, 7) is 2.34. The van der Waals surface area contributed by atoms with Gasteiger partial charge >= 0.3 is 0 Å². The molecule has 2 rings (SSSR count). The summed E-state index contributed by atoms with van der Waals surface area (Å²) in [4.78, 5) is 0. The normalized spacial score (nSPS) is 26.2. The molecule has 2 nitrogen and oxygen atoms in total. The summed E-state index contributed by atoms with van der Waals surface area (Å²) >= 11 is 0. The van der Waals surface area contributed by atoms with E-state index in [9.17, 15) is 0 Å². The Hall–Kier alpha value is -1.18. The third kappa shape index (κ3) is 2.88. The van der Waals surface area contributed by atoms with E-state index in [4.69, 9.17) is 5.73 Å². The van der Waals surface area contributed by atoms with Crippen molar-refractivity contribution >= 4 is 11.4 Å². The molecule has 0 saturated heterocycles. The van der Waals surface area contributed by atoms with E-state index in [1.807, 2.05) is 18.2 Å². The molecule has 0 atom stereocenters. The van der Waals surface area contributed by atoms with E-state index in [-0.39, 0.29) is 0 Å². The maximum atomic E-state index is 5.75. The second kappa shape index (κ2) is 4.56. The lowest BCUT2D eigenvalue weighted by atomic mass is 9.87. The van der Waals surface area contributed by atoms with Crippen LogP contribution in [0.15, 0.2) is 24.3 Å². The SMILES string of the molecule is CC1CCC(Nc2cccc(N)c2)CC1. The van der Waals surface area contributed by atoms with E-state index in [1.54, 1.807) is 0 Å². The molecule has 0 bridgehead atoms. The minimum Gasteiger partial charge on any atom is -0.399 e. The summed E-state index contributed by atoms with van der Waals surface area (Å²) < 4.78 is 0. The zero-order valence-electron chi connectivity index (χ0n) is 9.37. The Balaban J connectivity index is 1.92. The van der Waals surface area contributed by atoms with Gasteiger partial charge in [-0.25, -0.2) is 0 Å². The number of nitrogens with two attached hydrogens (primary N) is 1. The first-order valence-corrected chi connectivity index (χ1v) is 5.86. The van der Waals surface area contributed by atoms with Crippen LogP contribution in [-0.4, -0.2) is 6.04 Å². The second-order valence-electron chi connectivity index (χ2n) is 4.73. The van der Waals surface area contributed by atoms with Crippen molar-refractivity contribution < 1.29 is 0 Å². The van der Waals surface area contributed by atoms with E-state index < -0.39 is 0 Å². The molecule has 1 aromatic rings. The van der Waals surface area contributed by atoms with E-state index >= 15 is 0 Å². The quantitative estimate of drug-likeness (QED) is 0.726. The zero-order valence-corrected chi connectivity index (χ0v) is 9.37. The lowest BCUT2D eigenvalue weighted by Gasteiger charge is -2.27. The van der Waals surface area contributed by atoms with Crippen LogP contribution in [0, 0.1) is 5.92 Å². The maximum absolute atomic E-state index is 5.75. The fourth-order valence-electron chi connectivity index (χ4n) is 2.27. The third-order valence-electron chi connectivity index (χ3n) is 3.27. The Kier molecular flexibility index (Phi) is 3.14. The molecular weight excluding hydrogens is 184 g/mol. The molecule has 1 aliphatic carbocycles. The summed E-state index contributed by atoms with van der Waals surface area (Å²) in [7, 11) is 0. The molecular formula is C13H20N2. The Morgan fingerprint density at radius 3 is 2.60 bits per heavy atom. The average molecular weight is 204 g/mol. The molecule has 0 spiro atoms. The van der Waals surface area contributed by atoms with Crippen LogP contribution in [0.2, 0.25) is 0 Å². The predicted octanol–water partition coefficient (Wildman–Crippen LogP) is 3.26. The maximum Gasteiger partial charge on any atom is 0.0362 e. The number of anilines is 2. The summed E-state index contributed by atoms with van der Waals surface area (Å²) in [5, 5.41) is 3.56. The van der Waals surface area contributed by atoms with Crippen LogP contribution >= 0.6 is 0 Å². The highest BCUT2D eigenvalue weighted by Gasteiger charge is 2.17. The van der Waals surface area contributed by atoms with Gasteiger partial charge in [-0.05, 0) is 49.8 Å². The van der Waals surface area contributed by atoms with Gasteiger partial charge in [0, 0.05) is 17.4 Å². The van der Waals surface area contributed by atoms with E-state index in [0.717, 1.165) is 17.3 Å². The van der Waals surface area contributed by atoms with Crippen molar-refractivity contribution in [2.45, 2.75) is 38.6 Å². The topological polar surface area (TPSA) is 38.0 Å². The minimum atomic E-state index is 0.642. The molecule has 0 amide bonds. The summed E-state index contributed by atoms with van der Waals surface area (Å²) in [5.74, 6) is 0.906. The number of hydrogen-bond acceptors (Lipinski definition) is 2. The largest absolute Gasteiger partial charge is 0.399 e. The van der Waals surface area contributed by atoms with Gasteiger partial charge in [0.15, 0.2) is 0 Å². The number of hydrogen-bond donors (Lipinski definition) is 2. The Morgan fingerprint density at radius 1 is 1.20 bits per heavy atom. The van der Waals surface area contributed by atoms with Gasteiger partial charge in [-0.15, -0.1) is 0 Å². The van der Waals surface area contributed by atoms with Crippen molar-refractivity contribution in [1.29, 1.82) is 0 Å². The predicted molar refractivity (Wildman–Crippen MR) is 65.9 cm³/mol. The molecule has 2 heteroatoms. The molecule has 1 fully saturated rings. The number of nitrogen functional groups attached to an aromatic ring is 1. The molecule has 3 N–H and O–H groups in total. The molecule has 0 heterocycles. The van der Waals surface area contributed by atoms with Crippen molar-refractivity contribution in [2.24, 2.45) is 5.92 Å². The molecule has 15 heavy (non-hydrogen) atoms. The molecule has 0 unspecified atom stereocenters. The van der Waals surface area contributed by atoms with E-state index in [1.165, 1.54) is 25.7 Å². The van der Waals surface area contributed by atoms with Crippen LogP contribution in [0.4, 0.5) is 11.4 Å². The van der Waals surface area contributed by atoms with Gasteiger partial charge in [0.25, 0.3) is 0 Å². The fraction of sp³-hybridized carbons (Fsp3) is 0.538. The van der Waals surface area contributed by atoms with E-state index in [2.05, 4.69) is 18.3 Å². The second-order valence-corrected chi connectivity index (χ2v) is 4.73. The summed E-state index contributed by atoms with van der Waals surface area (Å²) in [6, 6.07) is 8.67. The third-order valence-corrected chi connectivity index (χ3v) is 3.27. The minimum absolute atomic E-state index is 0.642. The standard InChI is InChI=1S/C13H20N2/c1-10-5-7-12(8-6-10)15-13-4-2-3-11(14)9-13/h2-4,9-10,12,15H,5-8,14H2,1H3. The summed E-state index contributed by atoms with van der Waals surface area (Å²) in [6.07, 6.45) is 5.27. The van der Waals surface area contributed by atoms with Gasteiger partial charge in [-0.3, -0.25) is 0 Å². The Labute approximate surface area is 91.9 Å². The highest BCUT2D eigenvalue weighted by atomic mass is 14.9. The van der Waals surface area contributed by atoms with Crippen LogP contribution in [0.3, 0.4) is 0 Å². The van der Waals surface area contributed by atoms with Crippen molar-refractivity contribution in [3.63, 3.8) is 0 Å². The van der Waals surface area contributed by atoms with E-state index in [0.29, 0.717) is 6.04 Å². The molecule has 1 aliphatic rings. The number of rotatable bonds is 2. The fourth-order valence-corrected chi connectivity index (χ4v) is 2.27. The highest BCUT2D eigenvalue weighted by molar-refractivity contribution is 5.54. The highest BCUT2D eigenvalue weighted by Crippen LogP contribution is 2.26. The molecule has 82 valence electrons. The van der Waals surface area contributed by atoms with Gasteiger partial charge < -0.3 is 11.1 Å². The van der Waals surface area contributed by atoms with Crippen molar-refractivity contribution in [1.82, 2.24) is 0 Å². The monoisotopic (exact) mass is 204 g/mol. The first kappa shape index (κ1) is 10.3. The molecule has 0 aromatic heterocycles. The van der Waals surface area contributed by atoms with Crippen LogP contribution in [0.25, 0.3) is 0 Å². The van der Waals surface area contributed by atoms with Crippen LogP contribution < -0.4 is 11.1 Å². The molecule has 1 aromatic carbocycles. The molecule has 0 aliphatic heterocycles.